The SMILES string of the molecule is O=C(O)Cc1csc(-c2cccc3c2CCC3)n1. The summed E-state index contributed by atoms with van der Waals surface area (Å²) in [6.07, 6.45) is 3.47. The standard InChI is InChI=1S/C14H13NO2S/c16-13(17)7-10-8-18-14(15-10)12-6-2-4-9-3-1-5-11(9)12/h2,4,6,8H,1,3,5,7H2,(H,16,17). The second kappa shape index (κ2) is 4.53. The Hall–Kier alpha value is -1.68. The Morgan fingerprint density at radius 2 is 2.28 bits per heavy atom. The molecular formula is C14H13NO2S. The number of hydrogen-bond acceptors (Lipinski definition) is 3. The summed E-state index contributed by atoms with van der Waals surface area (Å²) in [5, 5.41) is 11.6. The number of carbonyl (C=O) groups is 1. The summed E-state index contributed by atoms with van der Waals surface area (Å²) in [5.41, 5.74) is 4.65. The van der Waals surface area contributed by atoms with Gasteiger partial charge in [-0.2, -0.15) is 0 Å². The molecule has 0 spiro atoms. The largest absolute Gasteiger partial charge is 0.481 e. The number of aromatic nitrogens is 1. The lowest BCUT2D eigenvalue weighted by Crippen LogP contribution is -2.00. The molecule has 1 heterocycles. The van der Waals surface area contributed by atoms with E-state index in [1.54, 1.807) is 0 Å². The number of benzene rings is 1. The second-order valence-electron chi connectivity index (χ2n) is 4.51. The number of carboxylic acid groups (broad SMARTS) is 1. The normalized spacial score (nSPS) is 13.6. The van der Waals surface area contributed by atoms with Crippen LogP contribution < -0.4 is 0 Å². The molecule has 1 aromatic heterocycles. The molecule has 0 fully saturated rings. The number of aryl methyl sites for hydroxylation is 1. The molecule has 3 rings (SSSR count). The zero-order valence-corrected chi connectivity index (χ0v) is 10.7. The maximum atomic E-state index is 10.7. The molecule has 92 valence electrons. The first-order valence-electron chi connectivity index (χ1n) is 6.01. The average molecular weight is 259 g/mol. The van der Waals surface area contributed by atoms with Gasteiger partial charge < -0.3 is 5.11 Å². The Bertz CT molecular complexity index is 604. The number of carboxylic acids is 1. The lowest BCUT2D eigenvalue weighted by Gasteiger charge is -2.04. The van der Waals surface area contributed by atoms with Crippen molar-refractivity contribution in [3.8, 4) is 10.6 Å². The highest BCUT2D eigenvalue weighted by atomic mass is 32.1. The van der Waals surface area contributed by atoms with Gasteiger partial charge in [0.05, 0.1) is 12.1 Å². The summed E-state index contributed by atoms with van der Waals surface area (Å²) in [6.45, 7) is 0. The van der Waals surface area contributed by atoms with Crippen molar-refractivity contribution < 1.29 is 9.90 Å². The van der Waals surface area contributed by atoms with Crippen LogP contribution in [0.1, 0.15) is 23.2 Å². The predicted octanol–water partition coefficient (Wildman–Crippen LogP) is 2.93. The first kappa shape index (κ1) is 11.4. The molecule has 1 aromatic carbocycles. The summed E-state index contributed by atoms with van der Waals surface area (Å²) in [5.74, 6) is -0.829. The van der Waals surface area contributed by atoms with E-state index in [9.17, 15) is 4.79 Å². The Kier molecular flexibility index (Phi) is 2.88. The minimum absolute atomic E-state index is 0.00548. The van der Waals surface area contributed by atoms with Crippen molar-refractivity contribution in [2.75, 3.05) is 0 Å². The van der Waals surface area contributed by atoms with Gasteiger partial charge in [-0.05, 0) is 30.4 Å². The van der Waals surface area contributed by atoms with E-state index in [2.05, 4.69) is 23.2 Å². The Morgan fingerprint density at radius 3 is 3.11 bits per heavy atom. The number of nitrogens with zero attached hydrogens (tertiary/aromatic N) is 1. The number of aliphatic carboxylic acids is 1. The monoisotopic (exact) mass is 259 g/mol. The molecular weight excluding hydrogens is 246 g/mol. The molecule has 2 aromatic rings. The number of fused-ring (bicyclic) bond motifs is 1. The van der Waals surface area contributed by atoms with E-state index in [-0.39, 0.29) is 6.42 Å². The zero-order valence-electron chi connectivity index (χ0n) is 9.85. The van der Waals surface area contributed by atoms with E-state index in [1.807, 2.05) is 5.38 Å². The van der Waals surface area contributed by atoms with E-state index >= 15 is 0 Å². The molecule has 4 heteroatoms. The van der Waals surface area contributed by atoms with E-state index in [1.165, 1.54) is 34.4 Å². The van der Waals surface area contributed by atoms with Crippen LogP contribution in [0.4, 0.5) is 0 Å². The second-order valence-corrected chi connectivity index (χ2v) is 5.37. The highest BCUT2D eigenvalue weighted by molar-refractivity contribution is 7.13. The molecule has 0 bridgehead atoms. The highest BCUT2D eigenvalue weighted by Gasteiger charge is 2.17. The third-order valence-corrected chi connectivity index (χ3v) is 4.18. The van der Waals surface area contributed by atoms with Crippen molar-refractivity contribution in [3.05, 3.63) is 40.4 Å². The lowest BCUT2D eigenvalue weighted by atomic mass is 10.0. The number of rotatable bonds is 3. The van der Waals surface area contributed by atoms with E-state index in [0.717, 1.165) is 17.8 Å². The minimum Gasteiger partial charge on any atom is -0.481 e. The molecule has 1 aliphatic carbocycles. The van der Waals surface area contributed by atoms with Crippen LogP contribution in [0.25, 0.3) is 10.6 Å². The molecule has 3 nitrogen and oxygen atoms in total. The van der Waals surface area contributed by atoms with Crippen molar-refractivity contribution in [2.24, 2.45) is 0 Å². The zero-order chi connectivity index (χ0) is 12.5. The maximum Gasteiger partial charge on any atom is 0.309 e. The third kappa shape index (κ3) is 2.04. The maximum absolute atomic E-state index is 10.7. The van der Waals surface area contributed by atoms with Crippen molar-refractivity contribution in [3.63, 3.8) is 0 Å². The van der Waals surface area contributed by atoms with Crippen LogP contribution >= 0.6 is 11.3 Å². The molecule has 1 aliphatic rings. The highest BCUT2D eigenvalue weighted by Crippen LogP contribution is 2.33. The van der Waals surface area contributed by atoms with Crippen LogP contribution in [0, 0.1) is 0 Å². The summed E-state index contributed by atoms with van der Waals surface area (Å²) >= 11 is 1.54. The molecule has 18 heavy (non-hydrogen) atoms. The van der Waals surface area contributed by atoms with Gasteiger partial charge in [0, 0.05) is 10.9 Å². The Labute approximate surface area is 109 Å². The van der Waals surface area contributed by atoms with Gasteiger partial charge in [-0.15, -0.1) is 11.3 Å². The van der Waals surface area contributed by atoms with Crippen LogP contribution in [-0.4, -0.2) is 16.1 Å². The fraction of sp³-hybridized carbons (Fsp3) is 0.286. The fourth-order valence-electron chi connectivity index (χ4n) is 2.49. The van der Waals surface area contributed by atoms with Crippen LogP contribution in [-0.2, 0) is 24.1 Å². The van der Waals surface area contributed by atoms with Gasteiger partial charge in [-0.3, -0.25) is 4.79 Å². The molecule has 1 N–H and O–H groups in total. The molecule has 0 aliphatic heterocycles. The summed E-state index contributed by atoms with van der Waals surface area (Å²) in [6, 6.07) is 6.34. The van der Waals surface area contributed by atoms with Gasteiger partial charge in [-0.25, -0.2) is 4.98 Å². The topological polar surface area (TPSA) is 50.2 Å². The van der Waals surface area contributed by atoms with Gasteiger partial charge in [0.2, 0.25) is 0 Å². The van der Waals surface area contributed by atoms with Gasteiger partial charge >= 0.3 is 5.97 Å². The van der Waals surface area contributed by atoms with Gasteiger partial charge in [0.25, 0.3) is 0 Å². The van der Waals surface area contributed by atoms with Crippen molar-refractivity contribution in [2.45, 2.75) is 25.7 Å². The van der Waals surface area contributed by atoms with Crippen molar-refractivity contribution in [1.82, 2.24) is 4.98 Å². The molecule has 0 radical (unpaired) electrons. The van der Waals surface area contributed by atoms with Gasteiger partial charge in [-0.1, -0.05) is 18.2 Å². The van der Waals surface area contributed by atoms with Crippen LogP contribution in [0.15, 0.2) is 23.6 Å². The smallest absolute Gasteiger partial charge is 0.309 e. The van der Waals surface area contributed by atoms with Gasteiger partial charge in [0.1, 0.15) is 5.01 Å². The molecule has 0 atom stereocenters. The Balaban J connectivity index is 1.98. The van der Waals surface area contributed by atoms with E-state index in [0.29, 0.717) is 5.69 Å². The Morgan fingerprint density at radius 1 is 1.39 bits per heavy atom. The summed E-state index contributed by atoms with van der Waals surface area (Å²) < 4.78 is 0. The van der Waals surface area contributed by atoms with Gasteiger partial charge in [0.15, 0.2) is 0 Å². The third-order valence-electron chi connectivity index (χ3n) is 3.26. The molecule has 0 saturated heterocycles. The number of thiazole rings is 1. The quantitative estimate of drug-likeness (QED) is 0.922. The van der Waals surface area contributed by atoms with Crippen LogP contribution in [0.2, 0.25) is 0 Å². The number of hydrogen-bond donors (Lipinski definition) is 1. The van der Waals surface area contributed by atoms with E-state index in [4.69, 9.17) is 5.11 Å². The fourth-order valence-corrected chi connectivity index (χ4v) is 3.36. The average Bonchev–Trinajstić information content (AvgIpc) is 2.95. The minimum atomic E-state index is -0.829. The van der Waals surface area contributed by atoms with Crippen LogP contribution in [0.3, 0.4) is 0 Å². The summed E-state index contributed by atoms with van der Waals surface area (Å²) in [7, 11) is 0. The van der Waals surface area contributed by atoms with Crippen molar-refractivity contribution >= 4 is 17.3 Å². The van der Waals surface area contributed by atoms with Crippen LogP contribution in [0.5, 0.6) is 0 Å². The molecule has 0 unspecified atom stereocenters. The first-order valence-corrected chi connectivity index (χ1v) is 6.89. The first-order chi connectivity index (χ1) is 8.74. The van der Waals surface area contributed by atoms with Crippen molar-refractivity contribution in [1.29, 1.82) is 0 Å². The van der Waals surface area contributed by atoms with E-state index < -0.39 is 5.97 Å². The molecule has 0 saturated carbocycles. The lowest BCUT2D eigenvalue weighted by molar-refractivity contribution is -0.136. The predicted molar refractivity (Wildman–Crippen MR) is 70.9 cm³/mol. The summed E-state index contributed by atoms with van der Waals surface area (Å²) in [4.78, 5) is 15.1. The molecule has 0 amide bonds.